The quantitative estimate of drug-likeness (QED) is 0.211. The third kappa shape index (κ3) is 4.27. The van der Waals surface area contributed by atoms with Crippen molar-refractivity contribution >= 4 is 40.8 Å². The molecule has 2 aliphatic rings. The van der Waals surface area contributed by atoms with Gasteiger partial charge in [-0.3, -0.25) is 29.3 Å². The van der Waals surface area contributed by atoms with Gasteiger partial charge in [0.25, 0.3) is 23.4 Å². The number of halogens is 1. The average molecular weight is 468 g/mol. The van der Waals surface area contributed by atoms with Gasteiger partial charge >= 0.3 is 0 Å². The molecule has 0 N–H and O–H groups in total. The Bertz CT molecular complexity index is 1150. The Morgan fingerprint density at radius 1 is 0.939 bits per heavy atom. The number of fused-ring (bicyclic) bond motifs is 1. The van der Waals surface area contributed by atoms with E-state index < -0.39 is 46.8 Å². The number of Topliss-reactive ketones (excluding diaryl/α,β-unsaturated/α-hetero) is 1. The third-order valence-electron chi connectivity index (χ3n) is 5.74. The summed E-state index contributed by atoms with van der Waals surface area (Å²) in [5.41, 5.74) is 0.0549. The standard InChI is InChI=1S/C23H18ClN3O6/c24-16-9-5-15(6-10-16)21(29)25(13-20(28)14-7-11-17(12-8-14)27(32)33)26-22(30)18-3-1-2-4-19(18)23(26)31/h1-2,5-12,18-19H,3-4,13H2/t18-,19+. The molecule has 0 spiro atoms. The first-order chi connectivity index (χ1) is 15.8. The molecule has 4 rings (SSSR count). The van der Waals surface area contributed by atoms with Crippen LogP contribution in [0.4, 0.5) is 5.69 Å². The highest BCUT2D eigenvalue weighted by Gasteiger charge is 2.51. The summed E-state index contributed by atoms with van der Waals surface area (Å²) in [6.45, 7) is -0.594. The Kier molecular flexibility index (Phi) is 6.06. The zero-order valence-corrected chi connectivity index (χ0v) is 18.0. The van der Waals surface area contributed by atoms with Crippen molar-refractivity contribution in [3.05, 3.63) is 86.9 Å². The summed E-state index contributed by atoms with van der Waals surface area (Å²) in [7, 11) is 0. The summed E-state index contributed by atoms with van der Waals surface area (Å²) in [6.07, 6.45) is 4.41. The number of nitro benzene ring substituents is 1. The summed E-state index contributed by atoms with van der Waals surface area (Å²) < 4.78 is 0. The van der Waals surface area contributed by atoms with Crippen LogP contribution in [-0.4, -0.2) is 45.0 Å². The van der Waals surface area contributed by atoms with E-state index in [1.54, 1.807) is 0 Å². The van der Waals surface area contributed by atoms with Gasteiger partial charge in [-0.25, -0.2) is 5.01 Å². The van der Waals surface area contributed by atoms with Gasteiger partial charge in [-0.05, 0) is 49.2 Å². The van der Waals surface area contributed by atoms with Gasteiger partial charge in [0.05, 0.1) is 16.8 Å². The number of hydrogen-bond acceptors (Lipinski definition) is 6. The first-order valence-electron chi connectivity index (χ1n) is 10.2. The molecule has 2 aromatic carbocycles. The van der Waals surface area contributed by atoms with E-state index in [2.05, 4.69) is 0 Å². The van der Waals surface area contributed by atoms with Crippen LogP contribution in [0.5, 0.6) is 0 Å². The van der Waals surface area contributed by atoms with Crippen LogP contribution in [0.3, 0.4) is 0 Å². The summed E-state index contributed by atoms with van der Waals surface area (Å²) >= 11 is 5.90. The van der Waals surface area contributed by atoms with Crippen LogP contribution in [0.2, 0.25) is 5.02 Å². The summed E-state index contributed by atoms with van der Waals surface area (Å²) in [6, 6.07) is 10.7. The molecule has 0 saturated carbocycles. The van der Waals surface area contributed by atoms with Gasteiger partial charge in [0.2, 0.25) is 0 Å². The largest absolute Gasteiger partial charge is 0.292 e. The van der Waals surface area contributed by atoms with E-state index in [1.807, 2.05) is 12.2 Å². The predicted molar refractivity (Wildman–Crippen MR) is 117 cm³/mol. The van der Waals surface area contributed by atoms with Crippen molar-refractivity contribution in [3.8, 4) is 0 Å². The van der Waals surface area contributed by atoms with E-state index in [9.17, 15) is 29.3 Å². The van der Waals surface area contributed by atoms with Gasteiger partial charge in [0.1, 0.15) is 6.54 Å². The molecule has 1 heterocycles. The van der Waals surface area contributed by atoms with Gasteiger partial charge in [-0.2, -0.15) is 5.01 Å². The number of carbonyl (C=O) groups is 4. The Balaban J connectivity index is 1.67. The van der Waals surface area contributed by atoms with Gasteiger partial charge in [-0.1, -0.05) is 23.8 Å². The van der Waals surface area contributed by atoms with Crippen molar-refractivity contribution in [3.63, 3.8) is 0 Å². The minimum absolute atomic E-state index is 0.104. The molecule has 33 heavy (non-hydrogen) atoms. The lowest BCUT2D eigenvalue weighted by molar-refractivity contribution is -0.384. The topological polar surface area (TPSA) is 118 Å². The third-order valence-corrected chi connectivity index (χ3v) is 6.00. The molecule has 168 valence electrons. The maximum absolute atomic E-state index is 13.3. The number of hydrazine groups is 1. The summed E-state index contributed by atoms with van der Waals surface area (Å²) in [5.74, 6) is -3.53. The maximum Gasteiger partial charge on any atom is 0.273 e. The van der Waals surface area contributed by atoms with Gasteiger partial charge in [0.15, 0.2) is 5.78 Å². The minimum Gasteiger partial charge on any atom is -0.292 e. The number of amides is 3. The molecule has 0 radical (unpaired) electrons. The molecule has 9 nitrogen and oxygen atoms in total. The number of benzene rings is 2. The van der Waals surface area contributed by atoms with E-state index in [4.69, 9.17) is 11.6 Å². The number of carbonyl (C=O) groups excluding carboxylic acids is 4. The molecule has 1 fully saturated rings. The maximum atomic E-state index is 13.3. The predicted octanol–water partition coefficient (Wildman–Crippen LogP) is 3.44. The molecular formula is C23H18ClN3O6. The van der Waals surface area contributed by atoms with Crippen molar-refractivity contribution < 1.29 is 24.1 Å². The van der Waals surface area contributed by atoms with Gasteiger partial charge < -0.3 is 0 Å². The van der Waals surface area contributed by atoms with Crippen molar-refractivity contribution in [1.82, 2.24) is 10.0 Å². The highest BCUT2D eigenvalue weighted by Crippen LogP contribution is 2.36. The number of allylic oxidation sites excluding steroid dienone is 2. The zero-order valence-electron chi connectivity index (χ0n) is 17.2. The van der Waals surface area contributed by atoms with Crippen LogP contribution in [0, 0.1) is 22.0 Å². The van der Waals surface area contributed by atoms with Gasteiger partial charge in [0, 0.05) is 28.3 Å². The zero-order chi connectivity index (χ0) is 23.7. The SMILES string of the molecule is O=C(CN(C(=O)c1ccc(Cl)cc1)N1C(=O)[C@H]2CC=CC[C@H]2C1=O)c1ccc([N+](=O)[O-])cc1. The lowest BCUT2D eigenvalue weighted by Crippen LogP contribution is -2.52. The van der Waals surface area contributed by atoms with Crippen LogP contribution in [0.1, 0.15) is 33.6 Å². The molecule has 1 aliphatic carbocycles. The first-order valence-corrected chi connectivity index (χ1v) is 10.5. The van der Waals surface area contributed by atoms with Crippen LogP contribution < -0.4 is 0 Å². The average Bonchev–Trinajstić information content (AvgIpc) is 3.07. The van der Waals surface area contributed by atoms with Crippen molar-refractivity contribution in [1.29, 1.82) is 0 Å². The molecule has 2 atom stereocenters. The normalized spacial score (nSPS) is 19.4. The van der Waals surface area contributed by atoms with E-state index in [0.29, 0.717) is 17.9 Å². The summed E-state index contributed by atoms with van der Waals surface area (Å²) in [5, 5.41) is 12.9. The molecule has 1 saturated heterocycles. The molecule has 10 heteroatoms. The molecule has 0 unspecified atom stereocenters. The highest BCUT2D eigenvalue weighted by molar-refractivity contribution is 6.30. The summed E-state index contributed by atoms with van der Waals surface area (Å²) in [4.78, 5) is 62.7. The number of imide groups is 1. The Morgan fingerprint density at radius 2 is 1.45 bits per heavy atom. The van der Waals surface area contributed by atoms with Crippen LogP contribution >= 0.6 is 11.6 Å². The highest BCUT2D eigenvalue weighted by atomic mass is 35.5. The van der Waals surface area contributed by atoms with Crippen LogP contribution in [0.15, 0.2) is 60.7 Å². The number of non-ortho nitro benzene ring substituents is 1. The number of ketones is 1. The molecular weight excluding hydrogens is 450 g/mol. The molecule has 3 amide bonds. The number of nitro groups is 1. The molecule has 2 aromatic rings. The molecule has 0 aromatic heterocycles. The smallest absolute Gasteiger partial charge is 0.273 e. The fourth-order valence-corrected chi connectivity index (χ4v) is 4.12. The monoisotopic (exact) mass is 467 g/mol. The van der Waals surface area contributed by atoms with Crippen LogP contribution in [0.25, 0.3) is 0 Å². The molecule has 0 bridgehead atoms. The lowest BCUT2D eigenvalue weighted by atomic mass is 9.85. The Morgan fingerprint density at radius 3 is 1.97 bits per heavy atom. The number of nitrogens with zero attached hydrogens (tertiary/aromatic N) is 3. The lowest BCUT2D eigenvalue weighted by Gasteiger charge is -2.30. The Labute approximate surface area is 193 Å². The fraction of sp³-hybridized carbons (Fsp3) is 0.217. The minimum atomic E-state index is -0.713. The van der Waals surface area contributed by atoms with E-state index in [1.165, 1.54) is 48.5 Å². The van der Waals surface area contributed by atoms with E-state index in [-0.39, 0.29) is 16.8 Å². The second-order valence-electron chi connectivity index (χ2n) is 7.74. The van der Waals surface area contributed by atoms with Crippen molar-refractivity contribution in [2.24, 2.45) is 11.8 Å². The Hall–Kier alpha value is -3.85. The number of hydrogen-bond donors (Lipinski definition) is 0. The second-order valence-corrected chi connectivity index (χ2v) is 8.18. The van der Waals surface area contributed by atoms with Crippen LogP contribution in [-0.2, 0) is 9.59 Å². The van der Waals surface area contributed by atoms with Crippen molar-refractivity contribution in [2.45, 2.75) is 12.8 Å². The molecule has 1 aliphatic heterocycles. The van der Waals surface area contributed by atoms with E-state index in [0.717, 1.165) is 10.0 Å². The first kappa shape index (κ1) is 22.3. The second kappa shape index (κ2) is 8.95. The van der Waals surface area contributed by atoms with E-state index >= 15 is 0 Å². The fourth-order valence-electron chi connectivity index (χ4n) is 3.99. The van der Waals surface area contributed by atoms with Gasteiger partial charge in [-0.15, -0.1) is 0 Å². The number of rotatable bonds is 6. The van der Waals surface area contributed by atoms with Crippen molar-refractivity contribution in [2.75, 3.05) is 6.54 Å².